The third-order valence-electron chi connectivity index (χ3n) is 5.74. The third-order valence-corrected chi connectivity index (χ3v) is 5.74. The van der Waals surface area contributed by atoms with Gasteiger partial charge in [-0.25, -0.2) is 4.79 Å². The number of hydrogen-bond acceptors (Lipinski definition) is 3. The van der Waals surface area contributed by atoms with Crippen LogP contribution in [0.1, 0.15) is 77.9 Å². The summed E-state index contributed by atoms with van der Waals surface area (Å²) in [6.45, 7) is 9.01. The fraction of sp³-hybridized carbons (Fsp3) is 0.360. The topological polar surface area (TPSA) is 43.4 Å². The Labute approximate surface area is 167 Å². The highest BCUT2D eigenvalue weighted by Gasteiger charge is 2.37. The van der Waals surface area contributed by atoms with E-state index < -0.39 is 5.97 Å². The van der Waals surface area contributed by atoms with E-state index in [0.29, 0.717) is 16.7 Å². The molecule has 0 aromatic heterocycles. The maximum absolute atomic E-state index is 12.6. The molecule has 3 nitrogen and oxygen atoms in total. The number of ketones is 1. The predicted octanol–water partition coefficient (Wildman–Crippen LogP) is 5.06. The Morgan fingerprint density at radius 3 is 2.04 bits per heavy atom. The first-order valence-electron chi connectivity index (χ1n) is 9.54. The summed E-state index contributed by atoms with van der Waals surface area (Å²) < 4.78 is 4.68. The number of fused-ring (bicyclic) bond motifs is 1. The van der Waals surface area contributed by atoms with Gasteiger partial charge in [-0.05, 0) is 71.1 Å². The molecule has 28 heavy (non-hydrogen) atoms. The standard InChI is InChI=1S/C25H26O3/c1-24(2)14-15-25(3,4)21-16-19(11-12-20(21)24)22(26)13-8-17-6-9-18(10-7-17)23(27)28-5/h6-7,9-12,16H,14-15H2,1-5H3. The van der Waals surface area contributed by atoms with Gasteiger partial charge >= 0.3 is 5.97 Å². The Balaban J connectivity index is 1.87. The lowest BCUT2D eigenvalue weighted by molar-refractivity contribution is 0.0600. The molecule has 0 radical (unpaired) electrons. The summed E-state index contributed by atoms with van der Waals surface area (Å²) in [6.07, 6.45) is 2.24. The predicted molar refractivity (Wildman–Crippen MR) is 111 cm³/mol. The molecule has 0 heterocycles. The molecule has 0 spiro atoms. The van der Waals surface area contributed by atoms with Gasteiger partial charge in [0.1, 0.15) is 0 Å². The highest BCUT2D eigenvalue weighted by molar-refractivity contribution is 6.09. The highest BCUT2D eigenvalue weighted by Crippen LogP contribution is 2.45. The number of carbonyl (C=O) groups is 2. The largest absolute Gasteiger partial charge is 0.465 e. The van der Waals surface area contributed by atoms with Gasteiger partial charge in [0.25, 0.3) is 0 Å². The van der Waals surface area contributed by atoms with E-state index in [0.717, 1.165) is 12.8 Å². The molecule has 0 unspecified atom stereocenters. The molecule has 0 fully saturated rings. The number of benzene rings is 2. The van der Waals surface area contributed by atoms with Crippen molar-refractivity contribution in [3.8, 4) is 11.8 Å². The summed E-state index contributed by atoms with van der Waals surface area (Å²) in [4.78, 5) is 24.1. The summed E-state index contributed by atoms with van der Waals surface area (Å²) in [6, 6.07) is 12.7. The normalized spacial score (nSPS) is 16.3. The molecule has 0 saturated carbocycles. The van der Waals surface area contributed by atoms with Crippen LogP contribution in [0.15, 0.2) is 42.5 Å². The van der Waals surface area contributed by atoms with Crippen LogP contribution in [0.2, 0.25) is 0 Å². The molecule has 0 atom stereocenters. The van der Waals surface area contributed by atoms with Crippen LogP contribution in [0.3, 0.4) is 0 Å². The molecule has 0 N–H and O–H groups in total. The zero-order valence-electron chi connectivity index (χ0n) is 17.2. The minimum absolute atomic E-state index is 0.0539. The first-order chi connectivity index (χ1) is 13.1. The lowest BCUT2D eigenvalue weighted by Gasteiger charge is -2.42. The van der Waals surface area contributed by atoms with Gasteiger partial charge in [-0.3, -0.25) is 4.79 Å². The summed E-state index contributed by atoms with van der Waals surface area (Å²) in [7, 11) is 1.34. The first-order valence-corrected chi connectivity index (χ1v) is 9.54. The van der Waals surface area contributed by atoms with Gasteiger partial charge in [0.05, 0.1) is 12.7 Å². The molecule has 0 aliphatic heterocycles. The van der Waals surface area contributed by atoms with Crippen LogP contribution in [0.4, 0.5) is 0 Å². The van der Waals surface area contributed by atoms with Crippen LogP contribution >= 0.6 is 0 Å². The molecule has 2 aromatic carbocycles. The number of esters is 1. The van der Waals surface area contributed by atoms with E-state index in [-0.39, 0.29) is 16.6 Å². The molecule has 0 amide bonds. The molecule has 3 heteroatoms. The molecule has 1 aliphatic rings. The minimum atomic E-state index is -0.393. The second-order valence-corrected chi connectivity index (χ2v) is 8.68. The van der Waals surface area contributed by atoms with E-state index >= 15 is 0 Å². The lowest BCUT2D eigenvalue weighted by atomic mass is 9.63. The number of Topliss-reactive ketones (excluding diaryl/α,β-unsaturated/α-hetero) is 1. The summed E-state index contributed by atoms with van der Waals surface area (Å²) in [5.74, 6) is 5.03. The number of rotatable bonds is 2. The third kappa shape index (κ3) is 3.87. The van der Waals surface area contributed by atoms with Crippen LogP contribution in [0, 0.1) is 11.8 Å². The molecule has 3 rings (SSSR count). The van der Waals surface area contributed by atoms with Crippen LogP contribution < -0.4 is 0 Å². The van der Waals surface area contributed by atoms with E-state index in [9.17, 15) is 9.59 Å². The van der Waals surface area contributed by atoms with Gasteiger partial charge in [0, 0.05) is 11.1 Å². The van der Waals surface area contributed by atoms with Gasteiger partial charge in [0.2, 0.25) is 5.78 Å². The average molecular weight is 374 g/mol. The van der Waals surface area contributed by atoms with Crippen molar-refractivity contribution in [1.29, 1.82) is 0 Å². The quantitative estimate of drug-likeness (QED) is 0.419. The van der Waals surface area contributed by atoms with Crippen molar-refractivity contribution in [1.82, 2.24) is 0 Å². The van der Waals surface area contributed by atoms with E-state index in [1.54, 1.807) is 24.3 Å². The van der Waals surface area contributed by atoms with Crippen molar-refractivity contribution in [3.05, 3.63) is 70.3 Å². The van der Waals surface area contributed by atoms with Gasteiger partial charge in [0.15, 0.2) is 0 Å². The second kappa shape index (κ2) is 7.28. The van der Waals surface area contributed by atoms with Gasteiger partial charge in [-0.15, -0.1) is 0 Å². The van der Waals surface area contributed by atoms with E-state index in [4.69, 9.17) is 0 Å². The van der Waals surface area contributed by atoms with Crippen molar-refractivity contribution in [2.24, 2.45) is 0 Å². The van der Waals surface area contributed by atoms with Gasteiger partial charge < -0.3 is 4.74 Å². The lowest BCUT2D eigenvalue weighted by Crippen LogP contribution is -2.34. The first kappa shape index (κ1) is 19.9. The molecular weight excluding hydrogens is 348 g/mol. The highest BCUT2D eigenvalue weighted by atomic mass is 16.5. The number of methoxy groups -OCH3 is 1. The molecule has 2 aromatic rings. The Kier molecular flexibility index (Phi) is 5.17. The Bertz CT molecular complexity index is 983. The summed E-state index contributed by atoms with van der Waals surface area (Å²) >= 11 is 0. The van der Waals surface area contributed by atoms with Crippen molar-refractivity contribution in [2.45, 2.75) is 51.4 Å². The maximum Gasteiger partial charge on any atom is 0.337 e. The SMILES string of the molecule is COC(=O)c1ccc(C#CC(=O)c2ccc3c(c2)C(C)(C)CCC3(C)C)cc1. The molecular formula is C25H26O3. The summed E-state index contributed by atoms with van der Waals surface area (Å²) in [5, 5.41) is 0. The Morgan fingerprint density at radius 2 is 1.43 bits per heavy atom. The number of carbonyl (C=O) groups excluding carboxylic acids is 2. The Morgan fingerprint density at radius 1 is 0.857 bits per heavy atom. The fourth-order valence-corrected chi connectivity index (χ4v) is 3.74. The van der Waals surface area contributed by atoms with E-state index in [2.05, 4.69) is 50.3 Å². The molecule has 1 aliphatic carbocycles. The van der Waals surface area contributed by atoms with Crippen LogP contribution in [0.25, 0.3) is 0 Å². The number of ether oxygens (including phenoxy) is 1. The number of hydrogen-bond donors (Lipinski definition) is 0. The molecule has 0 bridgehead atoms. The smallest absolute Gasteiger partial charge is 0.337 e. The van der Waals surface area contributed by atoms with Crippen LogP contribution in [0.5, 0.6) is 0 Å². The van der Waals surface area contributed by atoms with Crippen molar-refractivity contribution >= 4 is 11.8 Å². The summed E-state index contributed by atoms with van der Waals surface area (Å²) in [5.41, 5.74) is 4.52. The maximum atomic E-state index is 12.6. The monoisotopic (exact) mass is 374 g/mol. The zero-order chi connectivity index (χ0) is 20.5. The second-order valence-electron chi connectivity index (χ2n) is 8.68. The van der Waals surface area contributed by atoms with Crippen molar-refractivity contribution in [3.63, 3.8) is 0 Å². The Hall–Kier alpha value is -2.86. The van der Waals surface area contributed by atoms with E-state index in [1.807, 2.05) is 12.1 Å². The van der Waals surface area contributed by atoms with Gasteiger partial charge in [-0.1, -0.05) is 45.7 Å². The molecule has 144 valence electrons. The van der Waals surface area contributed by atoms with E-state index in [1.165, 1.54) is 18.2 Å². The van der Waals surface area contributed by atoms with Crippen LogP contribution in [-0.4, -0.2) is 18.9 Å². The average Bonchev–Trinajstić information content (AvgIpc) is 2.69. The fourth-order valence-electron chi connectivity index (χ4n) is 3.74. The van der Waals surface area contributed by atoms with Crippen LogP contribution in [-0.2, 0) is 15.6 Å². The van der Waals surface area contributed by atoms with Crippen molar-refractivity contribution in [2.75, 3.05) is 7.11 Å². The zero-order valence-corrected chi connectivity index (χ0v) is 17.2. The molecule has 0 saturated heterocycles. The van der Waals surface area contributed by atoms with Gasteiger partial charge in [-0.2, -0.15) is 0 Å². The van der Waals surface area contributed by atoms with Crippen molar-refractivity contribution < 1.29 is 14.3 Å². The minimum Gasteiger partial charge on any atom is -0.465 e.